The topological polar surface area (TPSA) is 200 Å². The Bertz CT molecular complexity index is 1270. The minimum absolute atomic E-state index is 0.0607. The van der Waals surface area contributed by atoms with Gasteiger partial charge in [-0.05, 0) is 12.1 Å². The first-order valence-electron chi connectivity index (χ1n) is 10.0. The minimum Gasteiger partial charge on any atom is -0.508 e. The third-order valence-corrected chi connectivity index (χ3v) is 5.43. The number of fused-ring (bicyclic) bond motifs is 1. The lowest BCUT2D eigenvalue weighted by Gasteiger charge is -2.39. The van der Waals surface area contributed by atoms with Gasteiger partial charge < -0.3 is 54.4 Å². The number of methoxy groups -OCH3 is 1. The van der Waals surface area contributed by atoms with Crippen LogP contribution < -0.4 is 14.9 Å². The molecule has 1 aliphatic heterocycles. The molecule has 1 aliphatic rings. The summed E-state index contributed by atoms with van der Waals surface area (Å²) in [7, 11) is 1.30. The van der Waals surface area contributed by atoms with E-state index in [0.717, 1.165) is 12.1 Å². The van der Waals surface area contributed by atoms with E-state index in [-0.39, 0.29) is 39.5 Å². The second-order valence-corrected chi connectivity index (χ2v) is 7.63. The molecule has 2 heterocycles. The summed E-state index contributed by atoms with van der Waals surface area (Å²) in [6, 6.07) is 5.86. The van der Waals surface area contributed by atoms with Crippen molar-refractivity contribution >= 4 is 11.0 Å². The van der Waals surface area contributed by atoms with Crippen molar-refractivity contribution < 1.29 is 54.4 Å². The van der Waals surface area contributed by atoms with Crippen LogP contribution >= 0.6 is 0 Å². The normalized spacial score (nSPS) is 24.8. The number of benzene rings is 2. The summed E-state index contributed by atoms with van der Waals surface area (Å²) < 4.78 is 22.0. The Balaban J connectivity index is 1.94. The van der Waals surface area contributed by atoms with Crippen LogP contribution in [0.2, 0.25) is 0 Å². The van der Waals surface area contributed by atoms with Crippen molar-refractivity contribution in [3.05, 3.63) is 40.6 Å². The van der Waals surface area contributed by atoms with Gasteiger partial charge in [0.05, 0.1) is 19.3 Å². The van der Waals surface area contributed by atoms with Gasteiger partial charge in [-0.1, -0.05) is 0 Å². The smallest absolute Gasteiger partial charge is 0.239 e. The highest BCUT2D eigenvalue weighted by Crippen LogP contribution is 2.41. The highest BCUT2D eigenvalue weighted by atomic mass is 16.7. The molecular weight excluding hydrogens is 456 g/mol. The molecule has 2 aromatic carbocycles. The molecule has 3 aromatic rings. The van der Waals surface area contributed by atoms with Gasteiger partial charge in [0.2, 0.25) is 17.5 Å². The lowest BCUT2D eigenvalue weighted by atomic mass is 9.99. The van der Waals surface area contributed by atoms with Crippen molar-refractivity contribution in [1.29, 1.82) is 0 Å². The number of hydrogen-bond donors (Lipinski definition) is 7. The number of aliphatic hydroxyl groups is 4. The Hall–Kier alpha value is -3.55. The number of hydrogen-bond acceptors (Lipinski definition) is 12. The molecule has 0 amide bonds. The number of rotatable bonds is 5. The zero-order chi connectivity index (χ0) is 24.7. The molecule has 1 saturated heterocycles. The Morgan fingerprint density at radius 1 is 0.971 bits per heavy atom. The molecule has 0 spiro atoms. The van der Waals surface area contributed by atoms with Crippen LogP contribution in [0.1, 0.15) is 0 Å². The fourth-order valence-electron chi connectivity index (χ4n) is 3.70. The van der Waals surface area contributed by atoms with Gasteiger partial charge in [0.1, 0.15) is 58.4 Å². The first-order chi connectivity index (χ1) is 16.2. The van der Waals surface area contributed by atoms with Crippen LogP contribution in [0.4, 0.5) is 0 Å². The second kappa shape index (κ2) is 9.00. The van der Waals surface area contributed by atoms with Crippen LogP contribution in [-0.4, -0.2) is 80.2 Å². The maximum atomic E-state index is 13.4. The van der Waals surface area contributed by atoms with Crippen molar-refractivity contribution in [1.82, 2.24) is 0 Å². The average molecular weight is 478 g/mol. The Labute approximate surface area is 191 Å². The summed E-state index contributed by atoms with van der Waals surface area (Å²) in [5.74, 6) is -1.97. The van der Waals surface area contributed by atoms with E-state index < -0.39 is 54.2 Å². The lowest BCUT2D eigenvalue weighted by molar-refractivity contribution is -0.277. The number of aliphatic hydroxyl groups excluding tert-OH is 4. The molecule has 182 valence electrons. The van der Waals surface area contributed by atoms with Crippen LogP contribution in [0.15, 0.2) is 39.5 Å². The van der Waals surface area contributed by atoms with Crippen molar-refractivity contribution in [2.24, 2.45) is 0 Å². The predicted molar refractivity (Wildman–Crippen MR) is 114 cm³/mol. The van der Waals surface area contributed by atoms with Crippen molar-refractivity contribution in [2.45, 2.75) is 30.7 Å². The van der Waals surface area contributed by atoms with E-state index in [2.05, 4.69) is 0 Å². The van der Waals surface area contributed by atoms with Crippen LogP contribution in [-0.2, 0) is 4.74 Å². The number of ether oxygens (including phenoxy) is 3. The molecule has 0 unspecified atom stereocenters. The van der Waals surface area contributed by atoms with Gasteiger partial charge in [-0.3, -0.25) is 4.79 Å². The van der Waals surface area contributed by atoms with E-state index in [4.69, 9.17) is 18.6 Å². The SMILES string of the molecule is COc1cc(O)ccc1-c1oc2cc(O)cc(O)c2c(=O)c1O[C@@H]1O[C@H](CO)[C@@H](O)[C@H](O)[C@H]1O. The van der Waals surface area contributed by atoms with Gasteiger partial charge in [0, 0.05) is 18.2 Å². The predicted octanol–water partition coefficient (Wildman–Crippen LogP) is -0.236. The van der Waals surface area contributed by atoms with Crippen LogP contribution in [0.25, 0.3) is 22.3 Å². The lowest BCUT2D eigenvalue weighted by Crippen LogP contribution is -2.60. The molecule has 1 fully saturated rings. The van der Waals surface area contributed by atoms with E-state index in [0.29, 0.717) is 0 Å². The Morgan fingerprint density at radius 2 is 1.71 bits per heavy atom. The molecule has 1 aromatic heterocycles. The highest BCUT2D eigenvalue weighted by Gasteiger charge is 2.45. The first-order valence-corrected chi connectivity index (χ1v) is 10.0. The zero-order valence-corrected chi connectivity index (χ0v) is 17.7. The van der Waals surface area contributed by atoms with E-state index in [1.807, 2.05) is 0 Å². The van der Waals surface area contributed by atoms with Gasteiger partial charge in [-0.25, -0.2) is 0 Å². The van der Waals surface area contributed by atoms with Gasteiger partial charge >= 0.3 is 0 Å². The Kier molecular flexibility index (Phi) is 6.25. The largest absolute Gasteiger partial charge is 0.508 e. The average Bonchev–Trinajstić information content (AvgIpc) is 2.80. The molecule has 0 bridgehead atoms. The van der Waals surface area contributed by atoms with Gasteiger partial charge in [0.15, 0.2) is 5.76 Å². The first kappa shape index (κ1) is 23.6. The molecule has 4 rings (SSSR count). The number of phenolic OH excluding ortho intramolecular Hbond substituents is 3. The summed E-state index contributed by atoms with van der Waals surface area (Å²) in [6.07, 6.45) is -8.32. The summed E-state index contributed by atoms with van der Waals surface area (Å²) in [4.78, 5) is 13.4. The third-order valence-electron chi connectivity index (χ3n) is 5.43. The highest BCUT2D eigenvalue weighted by molar-refractivity contribution is 5.89. The third kappa shape index (κ3) is 3.97. The van der Waals surface area contributed by atoms with Crippen molar-refractivity contribution in [3.63, 3.8) is 0 Å². The minimum atomic E-state index is -1.84. The summed E-state index contributed by atoms with van der Waals surface area (Å²) in [5.41, 5.74) is -1.03. The molecule has 0 radical (unpaired) electrons. The molecule has 34 heavy (non-hydrogen) atoms. The van der Waals surface area contributed by atoms with Gasteiger partial charge in [-0.15, -0.1) is 0 Å². The number of aromatic hydroxyl groups is 3. The summed E-state index contributed by atoms with van der Waals surface area (Å²) in [5, 5.41) is 69.4. The van der Waals surface area contributed by atoms with E-state index in [1.54, 1.807) is 0 Å². The fraction of sp³-hybridized carbons (Fsp3) is 0.318. The fourth-order valence-corrected chi connectivity index (χ4v) is 3.70. The summed E-state index contributed by atoms with van der Waals surface area (Å²) in [6.45, 7) is -0.726. The standard InChI is InChI=1S/C22H22O12/c1-31-12-5-8(24)2-3-10(12)20-21(17(28)15-11(26)4-9(25)6-13(15)32-20)34-22-19(30)18(29)16(27)14(7-23)33-22/h2-6,14,16,18-19,22-27,29-30H,7H2,1H3/t14-,16-,18+,19-,22+/m1/s1. The van der Waals surface area contributed by atoms with Crippen LogP contribution in [0, 0.1) is 0 Å². The number of phenols is 3. The monoisotopic (exact) mass is 478 g/mol. The second-order valence-electron chi connectivity index (χ2n) is 7.63. The van der Waals surface area contributed by atoms with E-state index in [9.17, 15) is 40.5 Å². The molecule has 12 nitrogen and oxygen atoms in total. The molecule has 5 atom stereocenters. The van der Waals surface area contributed by atoms with E-state index >= 15 is 0 Å². The maximum Gasteiger partial charge on any atom is 0.239 e. The van der Waals surface area contributed by atoms with Crippen molar-refractivity contribution in [3.8, 4) is 40.1 Å². The molecule has 0 aliphatic carbocycles. The quantitative estimate of drug-likeness (QED) is 0.254. The van der Waals surface area contributed by atoms with E-state index in [1.165, 1.54) is 25.3 Å². The van der Waals surface area contributed by atoms with Gasteiger partial charge in [0.25, 0.3) is 0 Å². The van der Waals surface area contributed by atoms with Crippen LogP contribution in [0.5, 0.6) is 28.7 Å². The molecule has 12 heteroatoms. The molecular formula is C22H22O12. The van der Waals surface area contributed by atoms with Crippen LogP contribution in [0.3, 0.4) is 0 Å². The molecule has 7 N–H and O–H groups in total. The molecule has 0 saturated carbocycles. The van der Waals surface area contributed by atoms with Gasteiger partial charge in [-0.2, -0.15) is 0 Å². The Morgan fingerprint density at radius 3 is 2.38 bits per heavy atom. The summed E-state index contributed by atoms with van der Waals surface area (Å²) >= 11 is 0. The van der Waals surface area contributed by atoms with Crippen molar-refractivity contribution in [2.75, 3.05) is 13.7 Å². The zero-order valence-electron chi connectivity index (χ0n) is 17.7. The maximum absolute atomic E-state index is 13.4.